The smallest absolute Gasteiger partial charge is 0.290 e. The SMILES string of the molecule is COCCCN1C(=O)C(O)=C(C(=O)CCc2ccccc2)C1c1ccc(OCc2ccccc2)cc1. The maximum absolute atomic E-state index is 13.3. The summed E-state index contributed by atoms with van der Waals surface area (Å²) in [6, 6.07) is 26.3. The number of hydrogen-bond acceptors (Lipinski definition) is 5. The van der Waals surface area contributed by atoms with Gasteiger partial charge >= 0.3 is 0 Å². The standard InChI is InChI=1S/C30H31NO5/c1-35-20-8-19-31-28(24-14-16-25(17-15-24)36-21-23-11-6-3-7-12-23)27(29(33)30(31)34)26(32)18-13-22-9-4-2-5-10-22/h2-7,9-12,14-17,28,33H,8,13,18-21H2,1H3. The van der Waals surface area contributed by atoms with Crippen molar-refractivity contribution in [1.29, 1.82) is 0 Å². The molecule has 1 heterocycles. The highest BCUT2D eigenvalue weighted by Gasteiger charge is 2.42. The predicted molar refractivity (Wildman–Crippen MR) is 138 cm³/mol. The van der Waals surface area contributed by atoms with Gasteiger partial charge in [-0.25, -0.2) is 0 Å². The van der Waals surface area contributed by atoms with Gasteiger partial charge in [-0.15, -0.1) is 0 Å². The summed E-state index contributed by atoms with van der Waals surface area (Å²) in [6.45, 7) is 1.28. The predicted octanol–water partition coefficient (Wildman–Crippen LogP) is 5.20. The van der Waals surface area contributed by atoms with Gasteiger partial charge in [-0.2, -0.15) is 0 Å². The van der Waals surface area contributed by atoms with E-state index in [1.54, 1.807) is 12.0 Å². The number of rotatable bonds is 12. The first-order valence-corrected chi connectivity index (χ1v) is 12.2. The summed E-state index contributed by atoms with van der Waals surface area (Å²) in [5.74, 6) is -0.528. The van der Waals surface area contributed by atoms with Crippen molar-refractivity contribution in [2.45, 2.75) is 31.9 Å². The van der Waals surface area contributed by atoms with Gasteiger partial charge in [-0.1, -0.05) is 72.8 Å². The summed E-state index contributed by atoms with van der Waals surface area (Å²) in [4.78, 5) is 27.9. The second-order valence-corrected chi connectivity index (χ2v) is 8.76. The van der Waals surface area contributed by atoms with Crippen LogP contribution in [-0.2, 0) is 27.4 Å². The number of carbonyl (C=O) groups excluding carboxylic acids is 2. The molecular formula is C30H31NO5. The fourth-order valence-corrected chi connectivity index (χ4v) is 4.42. The monoisotopic (exact) mass is 485 g/mol. The van der Waals surface area contributed by atoms with Gasteiger partial charge in [0.15, 0.2) is 11.5 Å². The number of aliphatic hydroxyl groups excluding tert-OH is 1. The van der Waals surface area contributed by atoms with Crippen LogP contribution in [0.3, 0.4) is 0 Å². The zero-order chi connectivity index (χ0) is 25.3. The molecule has 0 spiro atoms. The Morgan fingerprint density at radius 3 is 2.19 bits per heavy atom. The molecule has 0 saturated carbocycles. The Morgan fingerprint density at radius 1 is 0.917 bits per heavy atom. The molecule has 1 aliphatic rings. The highest BCUT2D eigenvalue weighted by atomic mass is 16.5. The summed E-state index contributed by atoms with van der Waals surface area (Å²) in [7, 11) is 1.60. The molecule has 186 valence electrons. The summed E-state index contributed by atoms with van der Waals surface area (Å²) in [6.07, 6.45) is 1.33. The minimum atomic E-state index is -0.652. The number of hydrogen-bond donors (Lipinski definition) is 1. The van der Waals surface area contributed by atoms with Crippen LogP contribution in [0.15, 0.2) is 96.3 Å². The van der Waals surface area contributed by atoms with Gasteiger partial charge in [0.05, 0.1) is 11.6 Å². The third-order valence-electron chi connectivity index (χ3n) is 6.28. The van der Waals surface area contributed by atoms with Crippen LogP contribution in [0.1, 0.15) is 35.6 Å². The molecule has 1 N–H and O–H groups in total. The molecule has 0 saturated heterocycles. The Morgan fingerprint density at radius 2 is 1.56 bits per heavy atom. The van der Waals surface area contributed by atoms with Crippen molar-refractivity contribution in [3.8, 4) is 5.75 Å². The van der Waals surface area contributed by atoms with Gasteiger partial charge in [0.1, 0.15) is 12.4 Å². The number of ketones is 1. The molecule has 0 aliphatic carbocycles. The molecule has 0 aromatic heterocycles. The first kappa shape index (κ1) is 25.2. The zero-order valence-electron chi connectivity index (χ0n) is 20.4. The molecule has 0 radical (unpaired) electrons. The van der Waals surface area contributed by atoms with Crippen molar-refractivity contribution in [2.75, 3.05) is 20.3 Å². The summed E-state index contributed by atoms with van der Waals surface area (Å²) in [5.41, 5.74) is 3.00. The molecular weight excluding hydrogens is 454 g/mol. The molecule has 6 heteroatoms. The largest absolute Gasteiger partial charge is 0.503 e. The van der Waals surface area contributed by atoms with Crippen molar-refractivity contribution in [1.82, 2.24) is 4.90 Å². The highest BCUT2D eigenvalue weighted by Crippen LogP contribution is 2.39. The number of ether oxygens (including phenoxy) is 2. The maximum Gasteiger partial charge on any atom is 0.290 e. The van der Waals surface area contributed by atoms with Gasteiger partial charge in [0.25, 0.3) is 5.91 Å². The topological polar surface area (TPSA) is 76.1 Å². The summed E-state index contributed by atoms with van der Waals surface area (Å²) < 4.78 is 11.0. The number of amides is 1. The molecule has 4 rings (SSSR count). The lowest BCUT2D eigenvalue weighted by Crippen LogP contribution is -2.32. The Hall–Kier alpha value is -3.90. The zero-order valence-corrected chi connectivity index (χ0v) is 20.4. The summed E-state index contributed by atoms with van der Waals surface area (Å²) in [5, 5.41) is 10.8. The third kappa shape index (κ3) is 6.01. The molecule has 1 amide bonds. The van der Waals surface area contributed by atoms with E-state index in [0.29, 0.717) is 38.3 Å². The van der Waals surface area contributed by atoms with E-state index in [1.807, 2.05) is 84.9 Å². The lowest BCUT2D eigenvalue weighted by Gasteiger charge is -2.27. The molecule has 1 aliphatic heterocycles. The average molecular weight is 486 g/mol. The minimum absolute atomic E-state index is 0.159. The molecule has 0 bridgehead atoms. The number of nitrogens with zero attached hydrogens (tertiary/aromatic N) is 1. The van der Waals surface area contributed by atoms with Crippen LogP contribution in [0.25, 0.3) is 0 Å². The first-order valence-electron chi connectivity index (χ1n) is 12.2. The molecule has 3 aromatic carbocycles. The maximum atomic E-state index is 13.3. The molecule has 6 nitrogen and oxygen atoms in total. The number of methoxy groups -OCH3 is 1. The van der Waals surface area contributed by atoms with Crippen molar-refractivity contribution in [3.05, 3.63) is 113 Å². The fraction of sp³-hybridized carbons (Fsp3) is 0.267. The average Bonchev–Trinajstić information content (AvgIpc) is 3.17. The first-order chi connectivity index (χ1) is 17.6. The molecule has 1 unspecified atom stereocenters. The van der Waals surface area contributed by atoms with Crippen molar-refractivity contribution in [3.63, 3.8) is 0 Å². The molecule has 1 atom stereocenters. The number of carbonyl (C=O) groups is 2. The lowest BCUT2D eigenvalue weighted by atomic mass is 9.93. The van der Waals surface area contributed by atoms with Crippen LogP contribution in [0, 0.1) is 0 Å². The van der Waals surface area contributed by atoms with E-state index in [9.17, 15) is 14.7 Å². The Labute approximate surface area is 211 Å². The van der Waals surface area contributed by atoms with E-state index in [1.165, 1.54) is 0 Å². The van der Waals surface area contributed by atoms with E-state index in [0.717, 1.165) is 16.7 Å². The second-order valence-electron chi connectivity index (χ2n) is 8.76. The van der Waals surface area contributed by atoms with Crippen LogP contribution in [-0.4, -0.2) is 42.0 Å². The van der Waals surface area contributed by atoms with Gasteiger partial charge < -0.3 is 19.5 Å². The van der Waals surface area contributed by atoms with Gasteiger partial charge in [0, 0.05) is 26.7 Å². The fourth-order valence-electron chi connectivity index (χ4n) is 4.42. The van der Waals surface area contributed by atoms with Gasteiger partial charge in [-0.05, 0) is 41.7 Å². The number of aryl methyl sites for hydroxylation is 1. The highest BCUT2D eigenvalue weighted by molar-refractivity contribution is 6.09. The number of Topliss-reactive ketones (excluding diaryl/α,β-unsaturated/α-hetero) is 1. The Kier molecular flexibility index (Phi) is 8.53. The van der Waals surface area contributed by atoms with Crippen molar-refractivity contribution >= 4 is 11.7 Å². The Bertz CT molecular complexity index is 1190. The third-order valence-corrected chi connectivity index (χ3v) is 6.28. The quantitative estimate of drug-likeness (QED) is 0.357. The molecule has 36 heavy (non-hydrogen) atoms. The number of aliphatic hydroxyl groups is 1. The van der Waals surface area contributed by atoms with Crippen LogP contribution in [0.4, 0.5) is 0 Å². The van der Waals surface area contributed by atoms with Crippen molar-refractivity contribution < 1.29 is 24.2 Å². The van der Waals surface area contributed by atoms with E-state index < -0.39 is 17.7 Å². The Balaban J connectivity index is 1.54. The van der Waals surface area contributed by atoms with E-state index >= 15 is 0 Å². The number of benzene rings is 3. The van der Waals surface area contributed by atoms with Gasteiger partial charge in [0.2, 0.25) is 0 Å². The van der Waals surface area contributed by atoms with Crippen LogP contribution in [0.2, 0.25) is 0 Å². The molecule has 0 fully saturated rings. The van der Waals surface area contributed by atoms with Crippen LogP contribution < -0.4 is 4.74 Å². The molecule has 3 aromatic rings. The lowest BCUT2D eigenvalue weighted by molar-refractivity contribution is -0.129. The normalized spacial score (nSPS) is 15.4. The van der Waals surface area contributed by atoms with E-state index in [2.05, 4.69) is 0 Å². The van der Waals surface area contributed by atoms with Crippen molar-refractivity contribution in [2.24, 2.45) is 0 Å². The minimum Gasteiger partial charge on any atom is -0.503 e. The van der Waals surface area contributed by atoms with Crippen LogP contribution >= 0.6 is 0 Å². The summed E-state index contributed by atoms with van der Waals surface area (Å²) >= 11 is 0. The van der Waals surface area contributed by atoms with Crippen LogP contribution in [0.5, 0.6) is 5.75 Å². The second kappa shape index (κ2) is 12.2. The van der Waals surface area contributed by atoms with Gasteiger partial charge in [-0.3, -0.25) is 9.59 Å². The van der Waals surface area contributed by atoms with E-state index in [4.69, 9.17) is 9.47 Å². The van der Waals surface area contributed by atoms with E-state index in [-0.39, 0.29) is 17.8 Å².